The highest BCUT2D eigenvalue weighted by Crippen LogP contribution is 2.43. The summed E-state index contributed by atoms with van der Waals surface area (Å²) in [6.45, 7) is 1.74. The number of nitrogens with zero attached hydrogens (tertiary/aromatic N) is 2. The summed E-state index contributed by atoms with van der Waals surface area (Å²) in [4.78, 5) is 34.2. The first-order valence-electron chi connectivity index (χ1n) is 14.1. The molecule has 2 aromatic heterocycles. The molecule has 1 aliphatic carbocycles. The molecule has 0 unspecified atom stereocenters. The van der Waals surface area contributed by atoms with Crippen molar-refractivity contribution < 1.29 is 31.9 Å². The number of rotatable bonds is 7. The highest BCUT2D eigenvalue weighted by Gasteiger charge is 2.49. The van der Waals surface area contributed by atoms with Crippen molar-refractivity contribution in [1.29, 1.82) is 0 Å². The van der Waals surface area contributed by atoms with E-state index in [0.29, 0.717) is 28.8 Å². The van der Waals surface area contributed by atoms with Crippen LogP contribution in [0.1, 0.15) is 44.9 Å². The van der Waals surface area contributed by atoms with Gasteiger partial charge in [-0.25, -0.2) is 23.1 Å². The topological polar surface area (TPSA) is 106 Å². The molecule has 0 saturated heterocycles. The minimum Gasteiger partial charge on any atom is -0.496 e. The van der Waals surface area contributed by atoms with E-state index in [2.05, 4.69) is 20.6 Å². The maximum Gasteiger partial charge on any atom is 0.255 e. The number of aromatic nitrogens is 2. The minimum atomic E-state index is -1.12. The van der Waals surface area contributed by atoms with Gasteiger partial charge >= 0.3 is 0 Å². The van der Waals surface area contributed by atoms with E-state index in [-0.39, 0.29) is 52.0 Å². The third kappa shape index (κ3) is 5.91. The summed E-state index contributed by atoms with van der Waals surface area (Å²) in [6, 6.07) is 13.1. The van der Waals surface area contributed by atoms with E-state index in [1.165, 1.54) is 62.0 Å². The van der Waals surface area contributed by atoms with Gasteiger partial charge in [-0.15, -0.1) is 0 Å². The molecule has 2 N–H and O–H groups in total. The van der Waals surface area contributed by atoms with E-state index in [9.17, 15) is 18.4 Å². The lowest BCUT2D eigenvalue weighted by atomic mass is 9.74. The molecular weight excluding hydrogens is 585 g/mol. The first-order valence-corrected chi connectivity index (χ1v) is 14.1. The summed E-state index contributed by atoms with van der Waals surface area (Å²) < 4.78 is 55.1. The Morgan fingerprint density at radius 1 is 1.04 bits per heavy atom. The number of methoxy groups -OCH3 is 1. The van der Waals surface area contributed by atoms with Gasteiger partial charge in [0.05, 0.1) is 23.6 Å². The van der Waals surface area contributed by atoms with Crippen molar-refractivity contribution in [2.75, 3.05) is 21.2 Å². The number of alkyl halides is 1. The standard InChI is InChI=1S/C32H24F3N3O4.C2H7N/c1-17-12-26(41-2)23(30(40)38-32(14-20(34)15-32)31-36-10-3-11-37-31)13-22(17)21-8-9-25-27(28(21)35)24(16-39)29(42-25)18-4-6-19(33)7-5-18;1-3-2/h3-13,16,20H,14-15H2,1-2H3,(H,38,40);3H,1-2H3. The number of carbonyl (C=O) groups is 2. The molecule has 0 atom stereocenters. The van der Waals surface area contributed by atoms with Gasteiger partial charge in [-0.3, -0.25) is 9.59 Å². The number of carbonyl (C=O) groups excluding carboxylic acids is 2. The molecule has 0 aliphatic heterocycles. The van der Waals surface area contributed by atoms with Gasteiger partial charge in [0, 0.05) is 36.4 Å². The second-order valence-corrected chi connectivity index (χ2v) is 10.8. The Morgan fingerprint density at radius 3 is 2.31 bits per heavy atom. The fourth-order valence-electron chi connectivity index (χ4n) is 5.49. The Kier molecular flexibility index (Phi) is 9.01. The van der Waals surface area contributed by atoms with Crippen LogP contribution in [-0.2, 0) is 5.54 Å². The molecule has 0 bridgehead atoms. The van der Waals surface area contributed by atoms with E-state index in [0.717, 1.165) is 0 Å². The lowest BCUT2D eigenvalue weighted by Gasteiger charge is -2.43. The fraction of sp³-hybridized carbons (Fsp3) is 0.235. The largest absolute Gasteiger partial charge is 0.496 e. The van der Waals surface area contributed by atoms with E-state index >= 15 is 4.39 Å². The molecule has 2 heterocycles. The van der Waals surface area contributed by atoms with Crippen LogP contribution in [0.5, 0.6) is 5.75 Å². The molecule has 3 aromatic carbocycles. The summed E-state index contributed by atoms with van der Waals surface area (Å²) in [6.07, 6.45) is 2.46. The van der Waals surface area contributed by atoms with Crippen LogP contribution >= 0.6 is 0 Å². The summed E-state index contributed by atoms with van der Waals surface area (Å²) >= 11 is 0. The number of fused-ring (bicyclic) bond motifs is 1. The number of amides is 1. The van der Waals surface area contributed by atoms with Gasteiger partial charge < -0.3 is 19.8 Å². The number of nitrogens with one attached hydrogen (secondary N) is 2. The average molecular weight is 617 g/mol. The summed E-state index contributed by atoms with van der Waals surface area (Å²) in [5.74, 6) is -1.10. The van der Waals surface area contributed by atoms with Crippen molar-refractivity contribution >= 4 is 23.2 Å². The number of halogens is 3. The number of hydrogen-bond acceptors (Lipinski definition) is 7. The van der Waals surface area contributed by atoms with E-state index in [1.54, 1.807) is 19.1 Å². The number of benzene rings is 3. The Bertz CT molecular complexity index is 1850. The van der Waals surface area contributed by atoms with Gasteiger partial charge in [-0.2, -0.15) is 0 Å². The van der Waals surface area contributed by atoms with E-state index < -0.39 is 29.3 Å². The summed E-state index contributed by atoms with van der Waals surface area (Å²) in [7, 11) is 5.16. The fourth-order valence-corrected chi connectivity index (χ4v) is 5.49. The summed E-state index contributed by atoms with van der Waals surface area (Å²) in [5, 5.41) is 5.60. The first kappa shape index (κ1) is 31.4. The second kappa shape index (κ2) is 12.9. The SMILES string of the molecule is CNC.COc1cc(C)c(-c2ccc3oc(-c4ccc(F)cc4)c(C=O)c3c2F)cc1C(=O)NC1(c2ncccn2)CC(F)C1. The van der Waals surface area contributed by atoms with Crippen molar-refractivity contribution in [3.63, 3.8) is 0 Å². The predicted molar refractivity (Wildman–Crippen MR) is 164 cm³/mol. The van der Waals surface area contributed by atoms with Crippen molar-refractivity contribution in [2.45, 2.75) is 31.5 Å². The molecule has 1 fully saturated rings. The van der Waals surface area contributed by atoms with Gasteiger partial charge in [0.15, 0.2) is 12.1 Å². The van der Waals surface area contributed by atoms with Crippen LogP contribution in [0.3, 0.4) is 0 Å². The number of ether oxygens (including phenoxy) is 1. The third-order valence-electron chi connectivity index (χ3n) is 7.62. The van der Waals surface area contributed by atoms with E-state index in [1.807, 2.05) is 14.1 Å². The maximum absolute atomic E-state index is 16.2. The molecule has 232 valence electrons. The molecule has 1 saturated carbocycles. The van der Waals surface area contributed by atoms with Crippen LogP contribution in [0.2, 0.25) is 0 Å². The van der Waals surface area contributed by atoms with Crippen LogP contribution in [0.25, 0.3) is 33.4 Å². The lowest BCUT2D eigenvalue weighted by Crippen LogP contribution is -2.56. The van der Waals surface area contributed by atoms with Crippen molar-refractivity contribution in [2.24, 2.45) is 0 Å². The van der Waals surface area contributed by atoms with E-state index in [4.69, 9.17) is 9.15 Å². The maximum atomic E-state index is 16.2. The zero-order valence-corrected chi connectivity index (χ0v) is 25.1. The number of aldehydes is 1. The highest BCUT2D eigenvalue weighted by atomic mass is 19.1. The Balaban J connectivity index is 0.00000128. The first-order chi connectivity index (χ1) is 21.7. The molecule has 11 heteroatoms. The lowest BCUT2D eigenvalue weighted by molar-refractivity contribution is 0.0480. The van der Waals surface area contributed by atoms with Gasteiger partial charge in [0.1, 0.15) is 40.4 Å². The van der Waals surface area contributed by atoms with Gasteiger partial charge in [-0.1, -0.05) is 0 Å². The number of furan rings is 1. The Labute approximate surface area is 257 Å². The number of hydrogen-bond donors (Lipinski definition) is 2. The monoisotopic (exact) mass is 616 g/mol. The molecule has 6 rings (SSSR count). The molecule has 1 amide bonds. The van der Waals surface area contributed by atoms with Gasteiger partial charge in [0.2, 0.25) is 0 Å². The van der Waals surface area contributed by atoms with Crippen LogP contribution in [0.15, 0.2) is 71.4 Å². The number of aryl methyl sites for hydroxylation is 1. The van der Waals surface area contributed by atoms with Crippen molar-refractivity contribution in [3.8, 4) is 28.2 Å². The van der Waals surface area contributed by atoms with Gasteiger partial charge in [0.25, 0.3) is 5.91 Å². The second-order valence-electron chi connectivity index (χ2n) is 10.8. The van der Waals surface area contributed by atoms with Crippen LogP contribution < -0.4 is 15.4 Å². The normalized spacial score (nSPS) is 17.2. The zero-order valence-electron chi connectivity index (χ0n) is 25.1. The molecule has 5 aromatic rings. The average Bonchev–Trinajstić information content (AvgIpc) is 3.41. The Hall–Kier alpha value is -5.03. The van der Waals surface area contributed by atoms with Crippen LogP contribution in [0, 0.1) is 18.6 Å². The smallest absolute Gasteiger partial charge is 0.255 e. The molecule has 1 aliphatic rings. The van der Waals surface area contributed by atoms with Crippen molar-refractivity contribution in [1.82, 2.24) is 20.6 Å². The molecular formula is C34H31F3N4O4. The molecule has 45 heavy (non-hydrogen) atoms. The highest BCUT2D eigenvalue weighted by molar-refractivity contribution is 6.05. The predicted octanol–water partition coefficient (Wildman–Crippen LogP) is 6.56. The zero-order chi connectivity index (χ0) is 32.3. The quantitative estimate of drug-likeness (QED) is 0.200. The Morgan fingerprint density at radius 2 is 1.71 bits per heavy atom. The van der Waals surface area contributed by atoms with Gasteiger partial charge in [-0.05, 0) is 86.7 Å². The molecule has 0 radical (unpaired) electrons. The molecule has 8 nitrogen and oxygen atoms in total. The molecule has 0 spiro atoms. The minimum absolute atomic E-state index is 0.0143. The summed E-state index contributed by atoms with van der Waals surface area (Å²) in [5.41, 5.74) is 0.648. The third-order valence-corrected chi connectivity index (χ3v) is 7.62. The van der Waals surface area contributed by atoms with Crippen LogP contribution in [-0.4, -0.2) is 49.5 Å². The van der Waals surface area contributed by atoms with Crippen molar-refractivity contribution in [3.05, 3.63) is 101 Å². The van der Waals surface area contributed by atoms with Crippen LogP contribution in [0.4, 0.5) is 13.2 Å².